The lowest BCUT2D eigenvalue weighted by molar-refractivity contribution is -0.147. The zero-order valence-electron chi connectivity index (χ0n) is 11.6. The number of aliphatic hydroxyl groups is 1. The van der Waals surface area contributed by atoms with E-state index in [1.54, 1.807) is 19.1 Å². The number of rotatable bonds is 6. The molecule has 0 saturated heterocycles. The molecule has 112 valence electrons. The Morgan fingerprint density at radius 1 is 1.35 bits per heavy atom. The van der Waals surface area contributed by atoms with Crippen molar-refractivity contribution in [3.8, 4) is 11.5 Å². The number of aliphatic hydroxyl groups excluding tert-OH is 1. The Morgan fingerprint density at radius 3 is 2.40 bits per heavy atom. The number of methoxy groups -OCH3 is 2. The topological polar surface area (TPSA) is 91.0 Å². The van der Waals surface area contributed by atoms with E-state index in [0.717, 1.165) is 0 Å². The van der Waals surface area contributed by atoms with Crippen LogP contribution in [0, 0.1) is 0 Å². The minimum atomic E-state index is -1.22. The maximum atomic E-state index is 11.6. The Labute approximate surface area is 125 Å². The van der Waals surface area contributed by atoms with Crippen molar-refractivity contribution in [2.45, 2.75) is 19.1 Å². The Hall–Kier alpha value is -1.31. The fourth-order valence-corrected chi connectivity index (χ4v) is 2.21. The van der Waals surface area contributed by atoms with E-state index in [0.29, 0.717) is 21.5 Å². The van der Waals surface area contributed by atoms with Crippen molar-refractivity contribution in [2.24, 2.45) is 5.73 Å². The van der Waals surface area contributed by atoms with E-state index in [-0.39, 0.29) is 6.61 Å². The minimum Gasteiger partial charge on any atom is -0.493 e. The van der Waals surface area contributed by atoms with Gasteiger partial charge in [-0.15, -0.1) is 0 Å². The maximum absolute atomic E-state index is 11.6. The van der Waals surface area contributed by atoms with Gasteiger partial charge in [0.05, 0.1) is 20.8 Å². The highest BCUT2D eigenvalue weighted by atomic mass is 79.9. The number of esters is 1. The Balaban J connectivity index is 3.09. The van der Waals surface area contributed by atoms with E-state index in [1.807, 2.05) is 0 Å². The molecule has 6 nitrogen and oxygen atoms in total. The molecular formula is C13H18BrNO5. The Bertz CT molecular complexity index is 480. The molecule has 1 aromatic rings. The molecule has 0 saturated carbocycles. The van der Waals surface area contributed by atoms with Gasteiger partial charge in [-0.2, -0.15) is 0 Å². The molecule has 1 rings (SSSR count). The van der Waals surface area contributed by atoms with E-state index in [2.05, 4.69) is 15.9 Å². The second-order valence-electron chi connectivity index (χ2n) is 3.95. The summed E-state index contributed by atoms with van der Waals surface area (Å²) in [4.78, 5) is 11.6. The van der Waals surface area contributed by atoms with Crippen molar-refractivity contribution in [2.75, 3.05) is 20.8 Å². The van der Waals surface area contributed by atoms with Crippen molar-refractivity contribution < 1.29 is 24.1 Å². The molecule has 0 amide bonds. The van der Waals surface area contributed by atoms with Gasteiger partial charge < -0.3 is 25.1 Å². The fourth-order valence-electron chi connectivity index (χ4n) is 1.66. The van der Waals surface area contributed by atoms with Crippen LogP contribution in [0.4, 0.5) is 0 Å². The van der Waals surface area contributed by atoms with Crippen LogP contribution in [0.1, 0.15) is 18.6 Å². The van der Waals surface area contributed by atoms with E-state index in [4.69, 9.17) is 19.9 Å². The summed E-state index contributed by atoms with van der Waals surface area (Å²) in [6.45, 7) is 1.87. The van der Waals surface area contributed by atoms with Crippen molar-refractivity contribution in [1.29, 1.82) is 0 Å². The summed E-state index contributed by atoms with van der Waals surface area (Å²) >= 11 is 3.31. The molecule has 7 heteroatoms. The van der Waals surface area contributed by atoms with Gasteiger partial charge in [-0.3, -0.25) is 4.79 Å². The first kappa shape index (κ1) is 16.7. The molecule has 0 radical (unpaired) electrons. The summed E-state index contributed by atoms with van der Waals surface area (Å²) in [5, 5.41) is 10.2. The molecular weight excluding hydrogens is 330 g/mol. The van der Waals surface area contributed by atoms with Crippen molar-refractivity contribution in [3.63, 3.8) is 0 Å². The zero-order chi connectivity index (χ0) is 15.3. The number of carbonyl (C=O) groups is 1. The second-order valence-corrected chi connectivity index (χ2v) is 4.81. The van der Waals surface area contributed by atoms with Crippen LogP contribution in [0.15, 0.2) is 16.6 Å². The Morgan fingerprint density at radius 2 is 1.90 bits per heavy atom. The molecule has 0 fully saturated rings. The van der Waals surface area contributed by atoms with Crippen LogP contribution in [-0.4, -0.2) is 37.9 Å². The third-order valence-corrected chi connectivity index (χ3v) is 3.41. The molecule has 0 aliphatic rings. The summed E-state index contributed by atoms with van der Waals surface area (Å²) in [5.74, 6) is 0.266. The van der Waals surface area contributed by atoms with E-state index >= 15 is 0 Å². The highest BCUT2D eigenvalue weighted by Gasteiger charge is 2.28. The van der Waals surface area contributed by atoms with Gasteiger partial charge in [0.1, 0.15) is 12.1 Å². The van der Waals surface area contributed by atoms with Crippen LogP contribution in [0.25, 0.3) is 0 Å². The quantitative estimate of drug-likeness (QED) is 0.755. The molecule has 2 atom stereocenters. The summed E-state index contributed by atoms with van der Waals surface area (Å²) in [6.07, 6.45) is -1.22. The molecule has 0 heterocycles. The summed E-state index contributed by atoms with van der Waals surface area (Å²) in [5.41, 5.74) is 6.11. The van der Waals surface area contributed by atoms with E-state index in [9.17, 15) is 9.90 Å². The van der Waals surface area contributed by atoms with Gasteiger partial charge in [-0.25, -0.2) is 0 Å². The second kappa shape index (κ2) is 7.47. The lowest BCUT2D eigenvalue weighted by Crippen LogP contribution is -2.38. The average molecular weight is 348 g/mol. The largest absolute Gasteiger partial charge is 0.493 e. The number of carbonyl (C=O) groups excluding carboxylic acids is 1. The molecule has 3 N–H and O–H groups in total. The van der Waals surface area contributed by atoms with Gasteiger partial charge in [0.25, 0.3) is 0 Å². The van der Waals surface area contributed by atoms with Crippen molar-refractivity contribution >= 4 is 21.9 Å². The molecule has 0 aromatic heterocycles. The smallest absolute Gasteiger partial charge is 0.325 e. The highest BCUT2D eigenvalue weighted by molar-refractivity contribution is 9.10. The predicted molar refractivity (Wildman–Crippen MR) is 76.8 cm³/mol. The number of hydrogen-bond acceptors (Lipinski definition) is 6. The van der Waals surface area contributed by atoms with Crippen LogP contribution in [0.2, 0.25) is 0 Å². The third-order valence-electron chi connectivity index (χ3n) is 2.72. The van der Waals surface area contributed by atoms with Gasteiger partial charge >= 0.3 is 5.97 Å². The molecule has 1 aromatic carbocycles. The minimum absolute atomic E-state index is 0.201. The first-order valence-corrected chi connectivity index (χ1v) is 6.77. The van der Waals surface area contributed by atoms with Crippen LogP contribution in [-0.2, 0) is 9.53 Å². The SMILES string of the molecule is CCOC(=O)C(N)C(O)c1cc(OC)c(OC)cc1Br. The number of hydrogen-bond donors (Lipinski definition) is 2. The van der Waals surface area contributed by atoms with Crippen molar-refractivity contribution in [1.82, 2.24) is 0 Å². The number of benzene rings is 1. The third kappa shape index (κ3) is 3.62. The number of nitrogens with two attached hydrogens (primary N) is 1. The zero-order valence-corrected chi connectivity index (χ0v) is 13.1. The lowest BCUT2D eigenvalue weighted by Gasteiger charge is -2.20. The first-order valence-electron chi connectivity index (χ1n) is 5.97. The van der Waals surface area contributed by atoms with Crippen LogP contribution >= 0.6 is 15.9 Å². The number of ether oxygens (including phenoxy) is 3. The average Bonchev–Trinajstić information content (AvgIpc) is 2.45. The monoisotopic (exact) mass is 347 g/mol. The van der Waals surface area contributed by atoms with Gasteiger partial charge in [0.2, 0.25) is 0 Å². The maximum Gasteiger partial charge on any atom is 0.325 e. The molecule has 20 heavy (non-hydrogen) atoms. The van der Waals surface area contributed by atoms with Crippen molar-refractivity contribution in [3.05, 3.63) is 22.2 Å². The summed E-state index contributed by atoms with van der Waals surface area (Å²) in [7, 11) is 2.98. The Kier molecular flexibility index (Phi) is 6.25. The molecule has 0 aliphatic carbocycles. The van der Waals surface area contributed by atoms with Crippen LogP contribution < -0.4 is 15.2 Å². The standard InChI is InChI=1S/C13H18BrNO5/c1-4-20-13(17)11(15)12(16)7-5-9(18-2)10(19-3)6-8(7)14/h5-6,11-12,16H,4,15H2,1-3H3. The van der Waals surface area contributed by atoms with Crippen LogP contribution in [0.3, 0.4) is 0 Å². The number of halogens is 1. The first-order chi connectivity index (χ1) is 9.46. The highest BCUT2D eigenvalue weighted by Crippen LogP contribution is 2.36. The van der Waals surface area contributed by atoms with Gasteiger partial charge in [-0.05, 0) is 19.1 Å². The van der Waals surface area contributed by atoms with Crippen LogP contribution in [0.5, 0.6) is 11.5 Å². The fraction of sp³-hybridized carbons (Fsp3) is 0.462. The lowest BCUT2D eigenvalue weighted by atomic mass is 10.0. The predicted octanol–water partition coefficient (Wildman–Crippen LogP) is 1.39. The normalized spacial score (nSPS) is 13.5. The van der Waals surface area contributed by atoms with Gasteiger partial charge in [-0.1, -0.05) is 15.9 Å². The van der Waals surface area contributed by atoms with Gasteiger partial charge in [0, 0.05) is 10.0 Å². The molecule has 0 bridgehead atoms. The molecule has 2 unspecified atom stereocenters. The van der Waals surface area contributed by atoms with E-state index in [1.165, 1.54) is 14.2 Å². The summed E-state index contributed by atoms with van der Waals surface area (Å²) in [6, 6.07) is 2.02. The molecule has 0 aliphatic heterocycles. The van der Waals surface area contributed by atoms with E-state index < -0.39 is 18.1 Å². The van der Waals surface area contributed by atoms with Gasteiger partial charge in [0.15, 0.2) is 11.5 Å². The molecule has 0 spiro atoms. The summed E-state index contributed by atoms with van der Waals surface area (Å²) < 4.78 is 15.6.